The quantitative estimate of drug-likeness (QED) is 0.183. The van der Waals surface area contributed by atoms with Gasteiger partial charge >= 0.3 is 0 Å². The van der Waals surface area contributed by atoms with Crippen LogP contribution in [0.2, 0.25) is 0 Å². The molecule has 1 aliphatic heterocycles. The highest BCUT2D eigenvalue weighted by Gasteiger charge is 2.29. The van der Waals surface area contributed by atoms with Crippen LogP contribution in [0, 0.1) is 11.6 Å². The monoisotopic (exact) mass is 578 g/mol. The summed E-state index contributed by atoms with van der Waals surface area (Å²) in [5.74, 6) is -3.47. The minimum Gasteiger partial charge on any atom is -0.494 e. The Labute approximate surface area is 239 Å². The van der Waals surface area contributed by atoms with Crippen molar-refractivity contribution in [2.75, 3.05) is 43.4 Å². The zero-order chi connectivity index (χ0) is 30.0. The number of aromatic nitrogens is 3. The Hall–Kier alpha value is -5.04. The van der Waals surface area contributed by atoms with Crippen molar-refractivity contribution in [3.05, 3.63) is 72.1 Å². The van der Waals surface area contributed by atoms with E-state index in [-0.39, 0.29) is 23.1 Å². The summed E-state index contributed by atoms with van der Waals surface area (Å²) in [5.41, 5.74) is 0.0139. The number of anilines is 4. The summed E-state index contributed by atoms with van der Waals surface area (Å²) in [6.45, 7) is 4.40. The maximum atomic E-state index is 15.3. The van der Waals surface area contributed by atoms with Gasteiger partial charge in [-0.2, -0.15) is 5.10 Å². The van der Waals surface area contributed by atoms with E-state index >= 15 is 8.78 Å². The van der Waals surface area contributed by atoms with Crippen LogP contribution in [0.25, 0.3) is 10.8 Å². The van der Waals surface area contributed by atoms with E-state index in [1.54, 1.807) is 25.4 Å². The highest BCUT2D eigenvalue weighted by Crippen LogP contribution is 2.36. The summed E-state index contributed by atoms with van der Waals surface area (Å²) in [7, 11) is 4.13. The highest BCUT2D eigenvalue weighted by atomic mass is 19.1. The summed E-state index contributed by atoms with van der Waals surface area (Å²) < 4.78 is 47.6. The molecule has 0 spiro atoms. The Morgan fingerprint density at radius 2 is 1.83 bits per heavy atom. The Balaban J connectivity index is 1.58. The van der Waals surface area contributed by atoms with Crippen LogP contribution >= 0.6 is 0 Å². The maximum absolute atomic E-state index is 15.3. The van der Waals surface area contributed by atoms with E-state index in [9.17, 15) is 9.59 Å². The molecule has 1 amide bonds. The molecular formula is C29H28F2N6O5. The van der Waals surface area contributed by atoms with Crippen LogP contribution in [0.3, 0.4) is 0 Å². The van der Waals surface area contributed by atoms with Gasteiger partial charge in [-0.3, -0.25) is 14.3 Å². The lowest BCUT2D eigenvalue weighted by molar-refractivity contribution is -0.111. The molecular weight excluding hydrogens is 550 g/mol. The second-order valence-electron chi connectivity index (χ2n) is 9.52. The topological polar surface area (TPSA) is 129 Å². The average molecular weight is 579 g/mol. The number of fused-ring (bicyclic) bond motifs is 1. The molecule has 42 heavy (non-hydrogen) atoms. The minimum atomic E-state index is -1.14. The van der Waals surface area contributed by atoms with Crippen molar-refractivity contribution in [3.8, 4) is 11.5 Å². The van der Waals surface area contributed by atoms with Crippen LogP contribution in [-0.4, -0.2) is 59.9 Å². The number of pyridine rings is 1. The molecule has 0 radical (unpaired) electrons. The zero-order valence-electron chi connectivity index (χ0n) is 23.1. The fourth-order valence-electron chi connectivity index (χ4n) is 4.63. The first kappa shape index (κ1) is 28.5. The summed E-state index contributed by atoms with van der Waals surface area (Å²) in [4.78, 5) is 30.0. The van der Waals surface area contributed by atoms with Crippen LogP contribution in [0.15, 0.2) is 49.3 Å². The van der Waals surface area contributed by atoms with Crippen molar-refractivity contribution >= 4 is 45.5 Å². The summed E-state index contributed by atoms with van der Waals surface area (Å²) in [6.07, 6.45) is 4.97. The summed E-state index contributed by atoms with van der Waals surface area (Å²) in [5, 5.41) is 14.6. The number of nitrogens with one attached hydrogen (secondary N) is 3. The third-order valence-electron chi connectivity index (χ3n) is 6.71. The Morgan fingerprint density at radius 1 is 1.10 bits per heavy atom. The van der Waals surface area contributed by atoms with E-state index in [1.165, 1.54) is 31.2 Å². The number of benzene rings is 2. The van der Waals surface area contributed by atoms with Crippen LogP contribution in [0.4, 0.5) is 31.8 Å². The lowest BCUT2D eigenvalue weighted by atomic mass is 9.96. The van der Waals surface area contributed by atoms with Gasteiger partial charge in [-0.05, 0) is 36.1 Å². The molecule has 0 bridgehead atoms. The van der Waals surface area contributed by atoms with E-state index in [0.717, 1.165) is 12.1 Å². The zero-order valence-corrected chi connectivity index (χ0v) is 23.1. The van der Waals surface area contributed by atoms with Crippen molar-refractivity contribution in [2.24, 2.45) is 7.05 Å². The van der Waals surface area contributed by atoms with E-state index in [4.69, 9.17) is 14.2 Å². The molecule has 0 saturated carbocycles. The standard InChI is InChI=1S/C29H28F2N6O5/c1-5-24(38)34-20-13-37(2)36-29(20)35-23-10-15-9-19(33-17-6-7-42-14-17)18(8-16(15)12-32-23)28(39)25-26(30)21(40-3)11-22(41-4)27(25)31/h5,8-13,17,33H,1,6-7,14H2,2-4H3,(H,34,38)(H,32,35,36). The van der Waals surface area contributed by atoms with Gasteiger partial charge in [-0.1, -0.05) is 6.58 Å². The number of ether oxygens (including phenoxy) is 3. The molecule has 2 aromatic carbocycles. The van der Waals surface area contributed by atoms with Gasteiger partial charge < -0.3 is 30.2 Å². The molecule has 1 atom stereocenters. The molecule has 0 aliphatic carbocycles. The fourth-order valence-corrected chi connectivity index (χ4v) is 4.63. The van der Waals surface area contributed by atoms with Crippen molar-refractivity contribution in [1.82, 2.24) is 14.8 Å². The normalized spacial score (nSPS) is 14.5. The first-order valence-corrected chi connectivity index (χ1v) is 12.9. The summed E-state index contributed by atoms with van der Waals surface area (Å²) in [6, 6.07) is 5.88. The minimum absolute atomic E-state index is 0.0316. The van der Waals surface area contributed by atoms with Gasteiger partial charge in [0, 0.05) is 42.6 Å². The van der Waals surface area contributed by atoms with Crippen LogP contribution in [0.5, 0.6) is 11.5 Å². The van der Waals surface area contributed by atoms with Gasteiger partial charge in [-0.25, -0.2) is 13.8 Å². The van der Waals surface area contributed by atoms with Gasteiger partial charge in [0.25, 0.3) is 0 Å². The largest absolute Gasteiger partial charge is 0.494 e. The number of halogens is 2. The van der Waals surface area contributed by atoms with E-state index < -0.39 is 28.9 Å². The molecule has 4 aromatic rings. The molecule has 5 rings (SSSR count). The molecule has 3 heterocycles. The average Bonchev–Trinajstić information content (AvgIpc) is 3.61. The Bertz CT molecular complexity index is 1670. The Kier molecular flexibility index (Phi) is 8.02. The smallest absolute Gasteiger partial charge is 0.247 e. The molecule has 1 saturated heterocycles. The van der Waals surface area contributed by atoms with Gasteiger partial charge in [0.1, 0.15) is 17.1 Å². The molecule has 13 heteroatoms. The SMILES string of the molecule is C=CC(=O)Nc1cn(C)nc1Nc1cc2cc(NC3CCOC3)c(C(=O)c3c(F)c(OC)cc(OC)c3F)cc2cn1. The third-order valence-corrected chi connectivity index (χ3v) is 6.71. The Morgan fingerprint density at radius 3 is 2.48 bits per heavy atom. The molecule has 2 aromatic heterocycles. The molecule has 1 fully saturated rings. The number of aryl methyl sites for hydroxylation is 1. The van der Waals surface area contributed by atoms with Gasteiger partial charge in [0.15, 0.2) is 29.0 Å². The second-order valence-corrected chi connectivity index (χ2v) is 9.52. The molecule has 3 N–H and O–H groups in total. The second kappa shape index (κ2) is 11.8. The number of ketones is 1. The fraction of sp³-hybridized carbons (Fsp3) is 0.241. The highest BCUT2D eigenvalue weighted by molar-refractivity contribution is 6.15. The number of hydrogen-bond acceptors (Lipinski definition) is 9. The lowest BCUT2D eigenvalue weighted by Crippen LogP contribution is -2.21. The maximum Gasteiger partial charge on any atom is 0.247 e. The predicted molar refractivity (Wildman–Crippen MR) is 153 cm³/mol. The number of nitrogens with zero attached hydrogens (tertiary/aromatic N) is 3. The third kappa shape index (κ3) is 5.59. The first-order valence-electron chi connectivity index (χ1n) is 12.9. The van der Waals surface area contributed by atoms with Crippen LogP contribution in [-0.2, 0) is 16.6 Å². The molecule has 218 valence electrons. The van der Waals surface area contributed by atoms with Crippen molar-refractivity contribution < 1.29 is 32.6 Å². The molecule has 1 unspecified atom stereocenters. The van der Waals surface area contributed by atoms with Gasteiger partial charge in [0.05, 0.1) is 33.1 Å². The summed E-state index contributed by atoms with van der Waals surface area (Å²) >= 11 is 0. The molecule has 11 nitrogen and oxygen atoms in total. The van der Waals surface area contributed by atoms with Crippen LogP contribution < -0.4 is 25.4 Å². The van der Waals surface area contributed by atoms with E-state index in [2.05, 4.69) is 32.6 Å². The predicted octanol–water partition coefficient (Wildman–Crippen LogP) is 4.56. The number of carbonyl (C=O) groups is 2. The number of hydrogen-bond donors (Lipinski definition) is 3. The van der Waals surface area contributed by atoms with Crippen LogP contribution in [0.1, 0.15) is 22.3 Å². The number of methoxy groups -OCH3 is 2. The number of rotatable bonds is 10. The van der Waals surface area contributed by atoms with Crippen molar-refractivity contribution in [2.45, 2.75) is 12.5 Å². The number of amides is 1. The lowest BCUT2D eigenvalue weighted by Gasteiger charge is -2.18. The van der Waals surface area contributed by atoms with Crippen molar-refractivity contribution in [3.63, 3.8) is 0 Å². The number of carbonyl (C=O) groups excluding carboxylic acids is 2. The van der Waals surface area contributed by atoms with Crippen molar-refractivity contribution in [1.29, 1.82) is 0 Å². The van der Waals surface area contributed by atoms with Gasteiger partial charge in [-0.15, -0.1) is 0 Å². The van der Waals surface area contributed by atoms with E-state index in [0.29, 0.717) is 53.4 Å². The molecule has 1 aliphatic rings. The first-order chi connectivity index (χ1) is 20.2. The van der Waals surface area contributed by atoms with Gasteiger partial charge in [0.2, 0.25) is 11.7 Å². The van der Waals surface area contributed by atoms with E-state index in [1.807, 2.05) is 0 Å².